The van der Waals surface area contributed by atoms with Crippen LogP contribution in [-0.4, -0.2) is 19.7 Å². The van der Waals surface area contributed by atoms with Crippen molar-refractivity contribution < 1.29 is 4.74 Å². The highest BCUT2D eigenvalue weighted by atomic mass is 79.9. The molecule has 0 amide bonds. The first-order valence-corrected chi connectivity index (χ1v) is 7.16. The molecule has 17 heavy (non-hydrogen) atoms. The van der Waals surface area contributed by atoms with Gasteiger partial charge in [-0.2, -0.15) is 0 Å². The molecule has 1 N–H and O–H groups in total. The van der Waals surface area contributed by atoms with Crippen LogP contribution in [0.5, 0.6) is 0 Å². The van der Waals surface area contributed by atoms with E-state index in [4.69, 9.17) is 16.3 Å². The van der Waals surface area contributed by atoms with Crippen LogP contribution in [0.4, 0.5) is 0 Å². The first kappa shape index (κ1) is 13.3. The SMILES string of the molecule is CCNCC1CCOC1c1cc(Cl)ccc1Br. The summed E-state index contributed by atoms with van der Waals surface area (Å²) in [7, 11) is 0. The zero-order valence-electron chi connectivity index (χ0n) is 9.88. The van der Waals surface area contributed by atoms with Crippen LogP contribution in [0.15, 0.2) is 22.7 Å². The lowest BCUT2D eigenvalue weighted by molar-refractivity contribution is 0.0901. The molecule has 2 atom stereocenters. The van der Waals surface area contributed by atoms with E-state index in [0.29, 0.717) is 5.92 Å². The third kappa shape index (κ3) is 3.22. The highest BCUT2D eigenvalue weighted by molar-refractivity contribution is 9.10. The number of rotatable bonds is 4. The summed E-state index contributed by atoms with van der Waals surface area (Å²) >= 11 is 9.63. The van der Waals surface area contributed by atoms with Gasteiger partial charge in [0.25, 0.3) is 0 Å². The van der Waals surface area contributed by atoms with Crippen LogP contribution < -0.4 is 5.32 Å². The van der Waals surface area contributed by atoms with Gasteiger partial charge in [0.15, 0.2) is 0 Å². The Labute approximate surface area is 116 Å². The Morgan fingerprint density at radius 2 is 2.35 bits per heavy atom. The van der Waals surface area contributed by atoms with E-state index in [2.05, 4.69) is 28.2 Å². The normalized spacial score (nSPS) is 24.2. The zero-order chi connectivity index (χ0) is 12.3. The fourth-order valence-electron chi connectivity index (χ4n) is 2.25. The van der Waals surface area contributed by atoms with Crippen molar-refractivity contribution in [3.8, 4) is 0 Å². The Bertz CT molecular complexity index is 386. The lowest BCUT2D eigenvalue weighted by atomic mass is 9.95. The predicted molar refractivity (Wildman–Crippen MR) is 74.5 cm³/mol. The zero-order valence-corrected chi connectivity index (χ0v) is 12.2. The minimum atomic E-state index is 0.155. The molecular weight excluding hydrogens is 302 g/mol. The third-order valence-corrected chi connectivity index (χ3v) is 4.09. The van der Waals surface area contributed by atoms with E-state index < -0.39 is 0 Å². The van der Waals surface area contributed by atoms with Crippen LogP contribution in [0.25, 0.3) is 0 Å². The minimum absolute atomic E-state index is 0.155. The molecule has 2 nitrogen and oxygen atoms in total. The summed E-state index contributed by atoms with van der Waals surface area (Å²) in [5.41, 5.74) is 1.16. The molecule has 1 aliphatic heterocycles. The topological polar surface area (TPSA) is 21.3 Å². The van der Waals surface area contributed by atoms with Gasteiger partial charge < -0.3 is 10.1 Å². The standard InChI is InChI=1S/C13H17BrClNO/c1-2-16-8-9-5-6-17-13(9)11-7-10(15)3-4-12(11)14/h3-4,7,9,13,16H,2,5-6,8H2,1H3. The van der Waals surface area contributed by atoms with Gasteiger partial charge in [-0.1, -0.05) is 34.5 Å². The fourth-order valence-corrected chi connectivity index (χ4v) is 2.90. The largest absolute Gasteiger partial charge is 0.373 e. The molecule has 0 bridgehead atoms. The second kappa shape index (κ2) is 6.19. The number of benzene rings is 1. The smallest absolute Gasteiger partial charge is 0.0877 e. The van der Waals surface area contributed by atoms with E-state index in [1.807, 2.05) is 18.2 Å². The number of hydrogen-bond donors (Lipinski definition) is 1. The van der Waals surface area contributed by atoms with Gasteiger partial charge in [-0.3, -0.25) is 0 Å². The Balaban J connectivity index is 2.16. The lowest BCUT2D eigenvalue weighted by Crippen LogP contribution is -2.24. The quantitative estimate of drug-likeness (QED) is 0.912. The van der Waals surface area contributed by atoms with Gasteiger partial charge in [0, 0.05) is 28.6 Å². The van der Waals surface area contributed by atoms with Gasteiger partial charge in [0.2, 0.25) is 0 Å². The van der Waals surface area contributed by atoms with Gasteiger partial charge in [-0.15, -0.1) is 0 Å². The van der Waals surface area contributed by atoms with E-state index >= 15 is 0 Å². The van der Waals surface area contributed by atoms with Crippen LogP contribution >= 0.6 is 27.5 Å². The van der Waals surface area contributed by atoms with Crippen LogP contribution in [0.3, 0.4) is 0 Å². The molecule has 94 valence electrons. The van der Waals surface area contributed by atoms with Crippen molar-refractivity contribution in [1.82, 2.24) is 5.32 Å². The average molecular weight is 319 g/mol. The monoisotopic (exact) mass is 317 g/mol. The van der Waals surface area contributed by atoms with Crippen LogP contribution in [-0.2, 0) is 4.74 Å². The molecule has 0 radical (unpaired) electrons. The van der Waals surface area contributed by atoms with Gasteiger partial charge in [-0.05, 0) is 36.7 Å². The number of ether oxygens (including phenoxy) is 1. The first-order chi connectivity index (χ1) is 8.22. The molecule has 1 aliphatic rings. The Hall–Kier alpha value is -0.0900. The molecule has 2 unspecified atom stereocenters. The molecule has 0 saturated carbocycles. The summed E-state index contributed by atoms with van der Waals surface area (Å²) in [6.45, 7) is 4.96. The van der Waals surface area contributed by atoms with Crippen molar-refractivity contribution >= 4 is 27.5 Å². The van der Waals surface area contributed by atoms with Crippen molar-refractivity contribution in [2.75, 3.05) is 19.7 Å². The van der Waals surface area contributed by atoms with E-state index in [9.17, 15) is 0 Å². The first-order valence-electron chi connectivity index (χ1n) is 5.99. The molecule has 0 spiro atoms. The second-order valence-electron chi connectivity index (χ2n) is 4.31. The van der Waals surface area contributed by atoms with Crippen molar-refractivity contribution in [1.29, 1.82) is 0 Å². The second-order valence-corrected chi connectivity index (χ2v) is 5.60. The average Bonchev–Trinajstić information content (AvgIpc) is 2.77. The Morgan fingerprint density at radius 1 is 1.53 bits per heavy atom. The van der Waals surface area contributed by atoms with Crippen molar-refractivity contribution in [2.45, 2.75) is 19.4 Å². The predicted octanol–water partition coefficient (Wildman–Crippen LogP) is 3.79. The maximum Gasteiger partial charge on any atom is 0.0877 e. The lowest BCUT2D eigenvalue weighted by Gasteiger charge is -2.20. The summed E-state index contributed by atoms with van der Waals surface area (Å²) in [6.07, 6.45) is 1.26. The summed E-state index contributed by atoms with van der Waals surface area (Å²) in [6, 6.07) is 5.88. The number of halogens is 2. The molecule has 1 fully saturated rings. The maximum atomic E-state index is 6.06. The molecular formula is C13H17BrClNO. The molecule has 1 heterocycles. The van der Waals surface area contributed by atoms with Crippen LogP contribution in [0.1, 0.15) is 25.0 Å². The molecule has 1 saturated heterocycles. The molecule has 4 heteroatoms. The van der Waals surface area contributed by atoms with Gasteiger partial charge >= 0.3 is 0 Å². The van der Waals surface area contributed by atoms with E-state index in [-0.39, 0.29) is 6.10 Å². The highest BCUT2D eigenvalue weighted by Crippen LogP contribution is 2.38. The van der Waals surface area contributed by atoms with Gasteiger partial charge in [0.1, 0.15) is 0 Å². The summed E-state index contributed by atoms with van der Waals surface area (Å²) < 4.78 is 6.93. The van der Waals surface area contributed by atoms with Crippen molar-refractivity contribution in [3.63, 3.8) is 0 Å². The van der Waals surface area contributed by atoms with E-state index in [0.717, 1.165) is 41.2 Å². The molecule has 1 aromatic rings. The Morgan fingerprint density at radius 3 is 3.12 bits per heavy atom. The van der Waals surface area contributed by atoms with E-state index in [1.54, 1.807) is 0 Å². The molecule has 1 aromatic carbocycles. The fraction of sp³-hybridized carbons (Fsp3) is 0.538. The van der Waals surface area contributed by atoms with Crippen molar-refractivity contribution in [3.05, 3.63) is 33.3 Å². The Kier molecular flexibility index (Phi) is 4.86. The molecule has 0 aliphatic carbocycles. The molecule has 0 aromatic heterocycles. The van der Waals surface area contributed by atoms with Gasteiger partial charge in [-0.25, -0.2) is 0 Å². The highest BCUT2D eigenvalue weighted by Gasteiger charge is 2.30. The van der Waals surface area contributed by atoms with Crippen LogP contribution in [0, 0.1) is 5.92 Å². The molecule has 2 rings (SSSR count). The van der Waals surface area contributed by atoms with E-state index in [1.165, 1.54) is 0 Å². The summed E-state index contributed by atoms with van der Waals surface area (Å²) in [4.78, 5) is 0. The van der Waals surface area contributed by atoms with Crippen molar-refractivity contribution in [2.24, 2.45) is 5.92 Å². The summed E-state index contributed by atoms with van der Waals surface area (Å²) in [5, 5.41) is 4.16. The number of nitrogens with one attached hydrogen (secondary N) is 1. The van der Waals surface area contributed by atoms with Crippen LogP contribution in [0.2, 0.25) is 5.02 Å². The maximum absolute atomic E-state index is 6.06. The third-order valence-electron chi connectivity index (χ3n) is 3.14. The minimum Gasteiger partial charge on any atom is -0.373 e. The van der Waals surface area contributed by atoms with Gasteiger partial charge in [0.05, 0.1) is 6.10 Å². The number of hydrogen-bond acceptors (Lipinski definition) is 2. The summed E-state index contributed by atoms with van der Waals surface area (Å²) in [5.74, 6) is 0.532.